The number of hydrogen-bond donors (Lipinski definition) is 0. The van der Waals surface area contributed by atoms with Crippen molar-refractivity contribution in [2.45, 2.75) is 52.4 Å². The fraction of sp³-hybridized carbons (Fsp3) is 0.529. The van der Waals surface area contributed by atoms with Gasteiger partial charge in [-0.15, -0.1) is 5.76 Å². The molecule has 0 N–H and O–H groups in total. The van der Waals surface area contributed by atoms with E-state index in [0.717, 1.165) is 17.7 Å². The lowest BCUT2D eigenvalue weighted by Gasteiger charge is -2.40. The van der Waals surface area contributed by atoms with Gasteiger partial charge in [0, 0.05) is 91.1 Å². The maximum atomic E-state index is 13.3. The summed E-state index contributed by atoms with van der Waals surface area (Å²) < 4.78 is 49.6. The molecule has 50 heavy (non-hydrogen) atoms. The van der Waals surface area contributed by atoms with Gasteiger partial charge in [-0.3, -0.25) is 19.4 Å². The topological polar surface area (TPSA) is 198 Å². The maximum absolute atomic E-state index is 13.3. The number of allylic oxidation sites excluding steroid dienone is 6. The van der Waals surface area contributed by atoms with Gasteiger partial charge in [-0.05, 0) is 44.4 Å². The van der Waals surface area contributed by atoms with E-state index in [1.165, 1.54) is 0 Å². The number of rotatable bonds is 23. The lowest BCUT2D eigenvalue weighted by Crippen LogP contribution is -2.41. The van der Waals surface area contributed by atoms with Crippen LogP contribution in [-0.4, -0.2) is 91.9 Å². The van der Waals surface area contributed by atoms with Gasteiger partial charge in [0.25, 0.3) is 0 Å². The normalized spacial score (nSPS) is 17.1. The van der Waals surface area contributed by atoms with E-state index in [1.54, 1.807) is 50.3 Å². The molecule has 14 nitrogen and oxygen atoms in total. The van der Waals surface area contributed by atoms with E-state index in [2.05, 4.69) is 14.3 Å². The maximum Gasteiger partial charge on any atom is 0.306 e. The molecule has 0 amide bonds. The average Bonchev–Trinajstić information content (AvgIpc) is 3.07. The molecule has 276 valence electrons. The van der Waals surface area contributed by atoms with Crippen LogP contribution < -0.4 is 15.3 Å². The zero-order valence-corrected chi connectivity index (χ0v) is 29.9. The number of benzene rings is 1. The number of anilines is 1. The van der Waals surface area contributed by atoms with E-state index in [9.17, 15) is 37.7 Å². The van der Waals surface area contributed by atoms with E-state index < -0.39 is 27.7 Å². The van der Waals surface area contributed by atoms with Gasteiger partial charge in [0.2, 0.25) is 0 Å². The Morgan fingerprint density at radius 1 is 0.920 bits per heavy atom. The summed E-state index contributed by atoms with van der Waals surface area (Å²) in [6.07, 6.45) is 9.26. The van der Waals surface area contributed by atoms with Gasteiger partial charge in [-0.25, -0.2) is 13.0 Å². The summed E-state index contributed by atoms with van der Waals surface area (Å²) in [5.74, 6) is -2.48. The van der Waals surface area contributed by atoms with Crippen LogP contribution in [0, 0.1) is 11.8 Å². The molecular weight excluding hydrogens is 693 g/mol. The quantitative estimate of drug-likeness (QED) is 0.0300. The van der Waals surface area contributed by atoms with Crippen molar-refractivity contribution < 1.29 is 61.1 Å². The zero-order chi connectivity index (χ0) is 36.5. The number of hydrogen-bond acceptors (Lipinski definition) is 14. The van der Waals surface area contributed by atoms with Crippen molar-refractivity contribution in [3.63, 3.8) is 0 Å². The molecule has 1 aromatic carbocycles. The molecule has 1 atom stereocenters. The Morgan fingerprint density at radius 2 is 1.52 bits per heavy atom. The minimum atomic E-state index is -4.38. The third kappa shape index (κ3) is 13.0. The predicted molar refractivity (Wildman–Crippen MR) is 181 cm³/mol. The van der Waals surface area contributed by atoms with E-state index in [0.29, 0.717) is 62.5 Å². The van der Waals surface area contributed by atoms with Gasteiger partial charge in [-0.1, -0.05) is 24.3 Å². The van der Waals surface area contributed by atoms with Crippen LogP contribution in [0.5, 0.6) is 0 Å². The van der Waals surface area contributed by atoms with Gasteiger partial charge in [-0.2, -0.15) is 4.33 Å². The van der Waals surface area contributed by atoms with Crippen molar-refractivity contribution in [1.29, 1.82) is 0 Å². The van der Waals surface area contributed by atoms with Crippen LogP contribution in [0.25, 0.3) is 5.57 Å². The Kier molecular flexibility index (Phi) is 17.1. The Labute approximate surface area is 297 Å². The highest BCUT2D eigenvalue weighted by Gasteiger charge is 2.38. The zero-order valence-electron chi connectivity index (χ0n) is 28.3. The summed E-state index contributed by atoms with van der Waals surface area (Å²) in [5, 5.41) is 26.7. The number of nitrogens with zero attached hydrogens (tertiary/aromatic N) is 2. The minimum absolute atomic E-state index is 0.105. The summed E-state index contributed by atoms with van der Waals surface area (Å²) in [6, 6.07) is 7.10. The molecule has 1 unspecified atom stereocenters. The smallest absolute Gasteiger partial charge is 0.306 e. The summed E-state index contributed by atoms with van der Waals surface area (Å²) in [6.45, 7) is 5.87. The molecule has 0 spiro atoms. The van der Waals surface area contributed by atoms with Crippen LogP contribution in [-0.2, 0) is 43.3 Å². The van der Waals surface area contributed by atoms with Crippen molar-refractivity contribution in [2.24, 2.45) is 11.8 Å². The molecule has 2 aliphatic carbocycles. The molecule has 0 saturated heterocycles. The van der Waals surface area contributed by atoms with E-state index >= 15 is 0 Å². The van der Waals surface area contributed by atoms with Crippen molar-refractivity contribution >= 4 is 56.9 Å². The fourth-order valence-electron chi connectivity index (χ4n) is 5.75. The van der Waals surface area contributed by atoms with E-state index in [1.807, 2.05) is 16.7 Å². The van der Waals surface area contributed by atoms with Crippen LogP contribution in [0.4, 0.5) is 5.69 Å². The lowest BCUT2D eigenvalue weighted by molar-refractivity contribution is -0.777. The molecule has 0 radical (unpaired) electrons. The Bertz CT molecular complexity index is 1520. The molecule has 1 aromatic rings. The average molecular weight is 737 g/mol. The number of Topliss-reactive ketones (excluding diaryl/α,β-unsaturated/α-hetero) is 1. The monoisotopic (exact) mass is 736 g/mol. The Hall–Kier alpha value is -3.54. The van der Waals surface area contributed by atoms with Gasteiger partial charge in [0.05, 0.1) is 29.8 Å². The first-order chi connectivity index (χ1) is 24.0. The molecule has 2 aliphatic rings. The van der Waals surface area contributed by atoms with Gasteiger partial charge in [0.1, 0.15) is 13.1 Å². The number of carbonyl (C=O) groups excluding carboxylic acids is 3. The van der Waals surface area contributed by atoms with Crippen molar-refractivity contribution in [2.75, 3.05) is 55.8 Å². The van der Waals surface area contributed by atoms with Gasteiger partial charge < -0.3 is 29.3 Å². The highest BCUT2D eigenvalue weighted by molar-refractivity contribution is 7.94. The fourth-order valence-corrected chi connectivity index (χ4v) is 6.59. The molecule has 3 rings (SSSR count). The second-order valence-corrected chi connectivity index (χ2v) is 13.9. The van der Waals surface area contributed by atoms with Crippen LogP contribution in [0.15, 0.2) is 54.3 Å². The first kappa shape index (κ1) is 40.9. The minimum Gasteiger partial charge on any atom is -0.874 e. The molecule has 0 fully saturated rings. The van der Waals surface area contributed by atoms with Crippen molar-refractivity contribution in [3.05, 3.63) is 59.9 Å². The predicted octanol–water partition coefficient (Wildman–Crippen LogP) is 1.84. The molecular formula is C34H44N2O12S2-2. The Balaban J connectivity index is 1.69. The first-order valence-electron chi connectivity index (χ1n) is 16.6. The standard InChI is InChI=1S/C34H46N2O12S2/c1-3-45-29(37)9-5-19-35(21-7-23-49-48-47-41)27-15-11-25(12-16-27)31-33(39)32(34(31)40)26-13-17-28(18-14-26)36(22-8-24-50(42,43)44)20-6-10-30(38)46-4-2/h11-18,26,32H,3-10,19-24H2,1-2H3,(H2-,39,40,41,42,43,44)/p-2. The molecule has 0 bridgehead atoms. The van der Waals surface area contributed by atoms with Gasteiger partial charge in [0.15, 0.2) is 11.5 Å². The molecule has 0 aromatic heterocycles. The molecule has 16 heteroatoms. The third-order valence-corrected chi connectivity index (χ3v) is 9.49. The summed E-state index contributed by atoms with van der Waals surface area (Å²) >= 11 is 0.893. The second kappa shape index (κ2) is 21.0. The highest BCUT2D eigenvalue weighted by atomic mass is 32.2. The molecule has 0 heterocycles. The van der Waals surface area contributed by atoms with Crippen LogP contribution >= 0.6 is 12.0 Å². The highest BCUT2D eigenvalue weighted by Crippen LogP contribution is 2.41. The van der Waals surface area contributed by atoms with E-state index in [4.69, 9.17) is 9.47 Å². The van der Waals surface area contributed by atoms with Crippen LogP contribution in [0.2, 0.25) is 0 Å². The number of carbonyl (C=O) groups is 3. The first-order valence-corrected chi connectivity index (χ1v) is 19.1. The summed E-state index contributed by atoms with van der Waals surface area (Å²) in [5.41, 5.74) is 2.20. The van der Waals surface area contributed by atoms with E-state index in [-0.39, 0.29) is 61.5 Å². The Morgan fingerprint density at radius 3 is 2.10 bits per heavy atom. The van der Waals surface area contributed by atoms with Crippen molar-refractivity contribution in [3.8, 4) is 0 Å². The number of ether oxygens (including phenoxy) is 2. The number of esters is 2. The lowest BCUT2D eigenvalue weighted by atomic mass is 9.71. The molecule has 0 saturated carbocycles. The second-order valence-electron chi connectivity index (χ2n) is 11.6. The van der Waals surface area contributed by atoms with Crippen LogP contribution in [0.3, 0.4) is 0 Å². The van der Waals surface area contributed by atoms with Crippen LogP contribution in [0.1, 0.15) is 57.9 Å². The largest absolute Gasteiger partial charge is 0.874 e. The van der Waals surface area contributed by atoms with Crippen molar-refractivity contribution in [1.82, 2.24) is 0 Å². The third-order valence-electron chi connectivity index (χ3n) is 8.09. The van der Waals surface area contributed by atoms with Gasteiger partial charge >= 0.3 is 11.9 Å². The molecule has 0 aliphatic heterocycles. The summed E-state index contributed by atoms with van der Waals surface area (Å²) in [7, 11) is -4.38. The summed E-state index contributed by atoms with van der Waals surface area (Å²) in [4.78, 5) is 39.0. The SMILES string of the molecule is CCOC(=O)CCCN(CCCSOO[O-])c1ccc(C2=C([O-])C(C3C=CC(=[N+](CCCC(=O)OCC)CCCS(=O)(=O)[O-])C=C3)C2=O)cc1. The number of ketones is 1.